The maximum absolute atomic E-state index is 4.03. The lowest BCUT2D eigenvalue weighted by molar-refractivity contribution is 0.647. The Bertz CT molecular complexity index is 2940. The fourth-order valence-electron chi connectivity index (χ4n) is 9.54. The zero-order chi connectivity index (χ0) is 38.0. The zero-order valence-corrected chi connectivity index (χ0v) is 32.2. The fourth-order valence-corrected chi connectivity index (χ4v) is 9.54. The van der Waals surface area contributed by atoms with Crippen molar-refractivity contribution in [1.29, 1.82) is 0 Å². The van der Waals surface area contributed by atoms with Crippen LogP contribution in [0.2, 0.25) is 0 Å². The van der Waals surface area contributed by atoms with Gasteiger partial charge in [-0.2, -0.15) is 0 Å². The third-order valence-electron chi connectivity index (χ3n) is 12.2. The Balaban J connectivity index is 1.15. The Hall–Kier alpha value is -6.64. The van der Waals surface area contributed by atoms with E-state index in [9.17, 15) is 0 Å². The molecule has 0 bridgehead atoms. The van der Waals surface area contributed by atoms with E-state index < -0.39 is 0 Å². The maximum atomic E-state index is 4.03. The first-order valence-electron chi connectivity index (χ1n) is 19.8. The summed E-state index contributed by atoms with van der Waals surface area (Å²) >= 11 is 0. The van der Waals surface area contributed by atoms with Crippen molar-refractivity contribution in [2.75, 3.05) is 4.90 Å². The normalized spacial score (nSPS) is 15.5. The fraction of sp³-hybridized carbons (Fsp3) is 0.111. The highest BCUT2D eigenvalue weighted by atomic mass is 15.1. The van der Waals surface area contributed by atoms with E-state index in [-0.39, 0.29) is 11.5 Å². The van der Waals surface area contributed by atoms with Crippen LogP contribution in [0, 0.1) is 6.92 Å². The van der Waals surface area contributed by atoms with Crippen LogP contribution in [0.15, 0.2) is 183 Å². The van der Waals surface area contributed by atoms with Gasteiger partial charge in [0.2, 0.25) is 0 Å². The SMILES string of the molecule is C=C/C=C\c1c(-c2ccc(N(c3ccc4c(c3)C(C)(C)c3ccccc3-4)c3cccc4ccccc34)cc2)cc2c3ccccc3n(C3C=CC=CC3)c2c1C. The molecule has 56 heavy (non-hydrogen) atoms. The summed E-state index contributed by atoms with van der Waals surface area (Å²) in [6, 6.07) is 52.1. The average molecular weight is 721 g/mol. The Morgan fingerprint density at radius 2 is 1.41 bits per heavy atom. The lowest BCUT2D eigenvalue weighted by Gasteiger charge is -2.29. The van der Waals surface area contributed by atoms with Gasteiger partial charge in [-0.25, -0.2) is 0 Å². The minimum atomic E-state index is -0.102. The molecule has 2 aliphatic carbocycles. The lowest BCUT2D eigenvalue weighted by atomic mass is 9.82. The van der Waals surface area contributed by atoms with Gasteiger partial charge in [-0.3, -0.25) is 0 Å². The van der Waals surface area contributed by atoms with Gasteiger partial charge < -0.3 is 9.47 Å². The van der Waals surface area contributed by atoms with Crippen molar-refractivity contribution in [1.82, 2.24) is 4.57 Å². The van der Waals surface area contributed by atoms with Gasteiger partial charge in [0.05, 0.1) is 17.2 Å². The van der Waals surface area contributed by atoms with Crippen molar-refractivity contribution in [3.05, 3.63) is 205 Å². The van der Waals surface area contributed by atoms with Crippen molar-refractivity contribution in [2.24, 2.45) is 0 Å². The summed E-state index contributed by atoms with van der Waals surface area (Å²) in [5, 5.41) is 5.02. The molecule has 0 radical (unpaired) electrons. The number of hydrogen-bond donors (Lipinski definition) is 0. The Morgan fingerprint density at radius 1 is 0.679 bits per heavy atom. The maximum Gasteiger partial charge on any atom is 0.0560 e. The number of allylic oxidation sites excluding steroid dienone is 6. The Kier molecular flexibility index (Phi) is 8.04. The molecule has 0 spiro atoms. The van der Waals surface area contributed by atoms with Gasteiger partial charge in [0.15, 0.2) is 0 Å². The Morgan fingerprint density at radius 3 is 2.23 bits per heavy atom. The predicted molar refractivity (Wildman–Crippen MR) is 241 cm³/mol. The van der Waals surface area contributed by atoms with Gasteiger partial charge in [-0.05, 0) is 106 Å². The number of aryl methyl sites for hydroxylation is 1. The first-order chi connectivity index (χ1) is 27.4. The number of rotatable bonds is 7. The smallest absolute Gasteiger partial charge is 0.0560 e. The highest BCUT2D eigenvalue weighted by Crippen LogP contribution is 2.51. The molecule has 1 unspecified atom stereocenters. The van der Waals surface area contributed by atoms with E-state index in [4.69, 9.17) is 0 Å². The summed E-state index contributed by atoms with van der Waals surface area (Å²) in [7, 11) is 0. The molecule has 0 saturated heterocycles. The zero-order valence-electron chi connectivity index (χ0n) is 32.2. The summed E-state index contributed by atoms with van der Waals surface area (Å²) in [5.41, 5.74) is 16.2. The van der Waals surface area contributed by atoms with Crippen molar-refractivity contribution in [3.63, 3.8) is 0 Å². The molecular weight excluding hydrogens is 677 g/mol. The van der Waals surface area contributed by atoms with Crippen LogP contribution in [0.1, 0.15) is 48.6 Å². The second kappa shape index (κ2) is 13.3. The second-order valence-electron chi connectivity index (χ2n) is 15.7. The highest BCUT2D eigenvalue weighted by Gasteiger charge is 2.36. The van der Waals surface area contributed by atoms with E-state index >= 15 is 0 Å². The van der Waals surface area contributed by atoms with Crippen LogP contribution >= 0.6 is 0 Å². The lowest BCUT2D eigenvalue weighted by Crippen LogP contribution is -2.16. The van der Waals surface area contributed by atoms with Gasteiger partial charge >= 0.3 is 0 Å². The van der Waals surface area contributed by atoms with Crippen molar-refractivity contribution >= 4 is 55.7 Å². The van der Waals surface area contributed by atoms with Gasteiger partial charge in [-0.1, -0.05) is 160 Å². The molecule has 2 heteroatoms. The van der Waals surface area contributed by atoms with Crippen LogP contribution in [0.3, 0.4) is 0 Å². The third kappa shape index (κ3) is 5.24. The molecule has 0 saturated carbocycles. The molecular formula is C54H44N2. The van der Waals surface area contributed by atoms with Crippen LogP contribution in [-0.2, 0) is 5.41 Å². The van der Waals surface area contributed by atoms with Crippen LogP contribution in [0.5, 0.6) is 0 Å². The van der Waals surface area contributed by atoms with E-state index in [1.54, 1.807) is 0 Å². The molecule has 10 rings (SSSR count). The first kappa shape index (κ1) is 33.9. The predicted octanol–water partition coefficient (Wildman–Crippen LogP) is 15.0. The number of aromatic nitrogens is 1. The molecule has 8 aromatic rings. The number of hydrogen-bond acceptors (Lipinski definition) is 1. The number of fused-ring (bicyclic) bond motifs is 7. The second-order valence-corrected chi connectivity index (χ2v) is 15.7. The molecule has 0 amide bonds. The number of para-hydroxylation sites is 1. The highest BCUT2D eigenvalue weighted by molar-refractivity contribution is 6.12. The van der Waals surface area contributed by atoms with E-state index in [2.05, 4.69) is 213 Å². The van der Waals surface area contributed by atoms with E-state index in [0.717, 1.165) is 23.5 Å². The van der Waals surface area contributed by atoms with Gasteiger partial charge in [0.25, 0.3) is 0 Å². The van der Waals surface area contributed by atoms with E-state index in [0.29, 0.717) is 0 Å². The summed E-state index contributed by atoms with van der Waals surface area (Å²) in [4.78, 5) is 2.44. The summed E-state index contributed by atoms with van der Waals surface area (Å²) in [5.74, 6) is 0. The van der Waals surface area contributed by atoms with Gasteiger partial charge in [-0.15, -0.1) is 0 Å². The molecule has 1 aromatic heterocycles. The molecule has 2 aliphatic rings. The van der Waals surface area contributed by atoms with Gasteiger partial charge in [0.1, 0.15) is 0 Å². The van der Waals surface area contributed by atoms with Crippen LogP contribution in [-0.4, -0.2) is 4.57 Å². The number of benzene rings is 7. The summed E-state index contributed by atoms with van der Waals surface area (Å²) in [6.07, 6.45) is 16.1. The molecule has 0 N–H and O–H groups in total. The summed E-state index contributed by atoms with van der Waals surface area (Å²) < 4.78 is 2.55. The molecule has 7 aromatic carbocycles. The quantitative estimate of drug-likeness (QED) is 0.149. The molecule has 1 heterocycles. The molecule has 0 aliphatic heterocycles. The molecule has 1 atom stereocenters. The van der Waals surface area contributed by atoms with Crippen molar-refractivity contribution in [2.45, 2.75) is 38.6 Å². The minimum absolute atomic E-state index is 0.102. The molecule has 270 valence electrons. The van der Waals surface area contributed by atoms with Crippen LogP contribution in [0.4, 0.5) is 17.1 Å². The van der Waals surface area contributed by atoms with Gasteiger partial charge in [0, 0.05) is 38.5 Å². The minimum Gasteiger partial charge on any atom is -0.333 e. The van der Waals surface area contributed by atoms with Crippen LogP contribution < -0.4 is 4.90 Å². The Labute approximate surface area is 329 Å². The number of anilines is 3. The van der Waals surface area contributed by atoms with Crippen molar-refractivity contribution < 1.29 is 0 Å². The molecule has 0 fully saturated rings. The molecule has 2 nitrogen and oxygen atoms in total. The van der Waals surface area contributed by atoms with E-state index in [1.807, 2.05) is 6.08 Å². The largest absolute Gasteiger partial charge is 0.333 e. The standard InChI is InChI=1S/C54H44N2/c1-5-6-21-42-36(2)53-48(46-24-13-15-26-52(46)56(53)39-19-8-7-9-20-39)35-47(42)38-28-30-40(31-29-38)55(51-27-16-18-37-17-10-11-22-43(37)51)41-32-33-45-44-23-12-14-25-49(44)54(3,4)50(45)34-41/h5-19,21-35,39H,1,20H2,2-4H3/b21-6-. The monoisotopic (exact) mass is 720 g/mol. The van der Waals surface area contributed by atoms with Crippen molar-refractivity contribution in [3.8, 4) is 22.3 Å². The first-order valence-corrected chi connectivity index (χ1v) is 19.8. The van der Waals surface area contributed by atoms with Crippen LogP contribution in [0.25, 0.3) is 60.9 Å². The number of nitrogens with zero attached hydrogens (tertiary/aromatic N) is 2. The summed E-state index contributed by atoms with van der Waals surface area (Å²) in [6.45, 7) is 11.0. The third-order valence-corrected chi connectivity index (χ3v) is 12.2. The topological polar surface area (TPSA) is 8.17 Å². The average Bonchev–Trinajstić information content (AvgIpc) is 3.70. The van der Waals surface area contributed by atoms with E-state index in [1.165, 1.54) is 77.1 Å².